The Morgan fingerprint density at radius 2 is 1.62 bits per heavy atom. The van der Waals surface area contributed by atoms with Crippen molar-refractivity contribution < 1.29 is 55.1 Å². The fourth-order valence-electron chi connectivity index (χ4n) is 3.06. The molecule has 0 amide bonds. The van der Waals surface area contributed by atoms with Crippen molar-refractivity contribution in [3.05, 3.63) is 47.5 Å². The molecule has 1 aliphatic heterocycles. The van der Waals surface area contributed by atoms with Crippen LogP contribution in [0.5, 0.6) is 28.7 Å². The lowest BCUT2D eigenvalue weighted by molar-refractivity contribution is -0.277. The van der Waals surface area contributed by atoms with Crippen LogP contribution in [0, 0.1) is 0 Å². The Kier molecular flexibility index (Phi) is 6.87. The number of aromatic hydroxyl groups is 4. The zero-order valence-electron chi connectivity index (χ0n) is 16.4. The van der Waals surface area contributed by atoms with Gasteiger partial charge in [-0.3, -0.25) is 4.79 Å². The highest BCUT2D eigenvalue weighted by Gasteiger charge is 2.45. The molecule has 8 N–H and O–H groups in total. The number of hydrogen-bond donors (Lipinski definition) is 8. The number of phenolic OH excluding ortho intramolecular Hbond substituents is 4. The highest BCUT2D eigenvalue weighted by molar-refractivity contribution is 6.09. The van der Waals surface area contributed by atoms with Crippen LogP contribution in [-0.2, 0) is 4.74 Å². The van der Waals surface area contributed by atoms with E-state index >= 15 is 0 Å². The highest BCUT2D eigenvalue weighted by Crippen LogP contribution is 2.40. The second kappa shape index (κ2) is 9.42. The summed E-state index contributed by atoms with van der Waals surface area (Å²) in [6.07, 6.45) is -5.77. The molecule has 0 bridgehead atoms. The molecule has 11 heteroatoms. The first kappa shape index (κ1) is 23.3. The molecule has 0 spiro atoms. The lowest BCUT2D eigenvalue weighted by atomic mass is 9.99. The molecule has 2 aromatic rings. The number of benzene rings is 2. The zero-order chi connectivity index (χ0) is 23.6. The van der Waals surface area contributed by atoms with E-state index in [9.17, 15) is 45.6 Å². The van der Waals surface area contributed by atoms with Crippen LogP contribution in [0.15, 0.2) is 36.4 Å². The molecule has 1 aliphatic rings. The topological polar surface area (TPSA) is 197 Å². The van der Waals surface area contributed by atoms with E-state index in [4.69, 9.17) is 9.47 Å². The van der Waals surface area contributed by atoms with Gasteiger partial charge in [-0.25, -0.2) is 0 Å². The van der Waals surface area contributed by atoms with Crippen LogP contribution in [0.1, 0.15) is 15.9 Å². The molecule has 1 fully saturated rings. The van der Waals surface area contributed by atoms with Crippen LogP contribution in [0.3, 0.4) is 0 Å². The number of rotatable bonds is 6. The Morgan fingerprint density at radius 1 is 0.938 bits per heavy atom. The summed E-state index contributed by atoms with van der Waals surface area (Å²) in [6.45, 7) is -0.709. The average Bonchev–Trinajstić information content (AvgIpc) is 2.77. The van der Waals surface area contributed by atoms with Crippen LogP contribution in [-0.4, -0.2) is 83.9 Å². The van der Waals surface area contributed by atoms with Gasteiger partial charge in [-0.1, -0.05) is 12.1 Å². The summed E-state index contributed by atoms with van der Waals surface area (Å²) in [5, 5.41) is 78.3. The fourth-order valence-corrected chi connectivity index (χ4v) is 3.06. The van der Waals surface area contributed by atoms with Crippen molar-refractivity contribution in [1.29, 1.82) is 0 Å². The van der Waals surface area contributed by atoms with Gasteiger partial charge in [0, 0.05) is 0 Å². The van der Waals surface area contributed by atoms with Gasteiger partial charge in [0.2, 0.25) is 12.0 Å². The summed E-state index contributed by atoms with van der Waals surface area (Å²) in [6, 6.07) is 6.04. The molecular formula is C21H22O11. The van der Waals surface area contributed by atoms with Gasteiger partial charge in [-0.2, -0.15) is 0 Å². The van der Waals surface area contributed by atoms with Gasteiger partial charge in [-0.15, -0.1) is 0 Å². The molecular weight excluding hydrogens is 428 g/mol. The summed E-state index contributed by atoms with van der Waals surface area (Å²) >= 11 is 0. The maximum absolute atomic E-state index is 12.5. The third-order valence-corrected chi connectivity index (χ3v) is 4.89. The van der Waals surface area contributed by atoms with Crippen molar-refractivity contribution >= 4 is 11.9 Å². The molecule has 5 atom stereocenters. The quantitative estimate of drug-likeness (QED) is 0.162. The van der Waals surface area contributed by atoms with E-state index in [1.165, 1.54) is 24.3 Å². The summed E-state index contributed by atoms with van der Waals surface area (Å²) in [5.41, 5.74) is 0.0892. The Bertz CT molecular complexity index is 1020. The Balaban J connectivity index is 1.84. The number of allylic oxidation sites excluding steroid dienone is 1. The Labute approximate surface area is 181 Å². The molecule has 172 valence electrons. The molecule has 2 aromatic carbocycles. The fraction of sp³-hybridized carbons (Fsp3) is 0.286. The number of carbonyl (C=O) groups is 1. The van der Waals surface area contributed by atoms with Crippen molar-refractivity contribution in [3.63, 3.8) is 0 Å². The van der Waals surface area contributed by atoms with Gasteiger partial charge in [0.15, 0.2) is 28.8 Å². The predicted octanol–water partition coefficient (Wildman–Crippen LogP) is -0.416. The number of hydrogen-bond acceptors (Lipinski definition) is 11. The number of carbonyl (C=O) groups excluding carboxylic acids is 1. The molecule has 0 aliphatic carbocycles. The minimum Gasteiger partial charge on any atom is -0.504 e. The standard InChI is InChI=1S/C21H22O11/c22-8-15-17(28)18(29)19(30)21(31-15)32-20-13(25)6-3-10(16(20)27)11(23)4-1-9-2-5-12(24)14(26)7-9/h1-7,15,17-19,21-22,24-30H,8H2/t15-,17+,18+,19-,21-/m1/s1. The van der Waals surface area contributed by atoms with E-state index < -0.39 is 60.3 Å². The van der Waals surface area contributed by atoms with E-state index in [0.717, 1.165) is 18.2 Å². The van der Waals surface area contributed by atoms with Crippen LogP contribution >= 0.6 is 0 Å². The average molecular weight is 450 g/mol. The van der Waals surface area contributed by atoms with E-state index in [2.05, 4.69) is 0 Å². The molecule has 1 heterocycles. The molecule has 3 rings (SSSR count). The normalized spacial score (nSPS) is 25.7. The maximum atomic E-state index is 12.5. The number of ether oxygens (including phenoxy) is 2. The van der Waals surface area contributed by atoms with Crippen molar-refractivity contribution in [2.24, 2.45) is 0 Å². The smallest absolute Gasteiger partial charge is 0.229 e. The molecule has 1 saturated heterocycles. The number of phenols is 4. The van der Waals surface area contributed by atoms with E-state index in [1.54, 1.807) is 0 Å². The third kappa shape index (κ3) is 4.61. The van der Waals surface area contributed by atoms with Crippen molar-refractivity contribution in [1.82, 2.24) is 0 Å². The summed E-state index contributed by atoms with van der Waals surface area (Å²) < 4.78 is 10.4. The minimum atomic E-state index is -1.80. The second-order valence-corrected chi connectivity index (χ2v) is 7.07. The predicted molar refractivity (Wildman–Crippen MR) is 107 cm³/mol. The van der Waals surface area contributed by atoms with Crippen molar-refractivity contribution in [3.8, 4) is 28.7 Å². The Morgan fingerprint density at radius 3 is 2.28 bits per heavy atom. The molecule has 11 nitrogen and oxygen atoms in total. The van der Waals surface area contributed by atoms with Gasteiger partial charge >= 0.3 is 0 Å². The van der Waals surface area contributed by atoms with Crippen LogP contribution in [0.25, 0.3) is 6.08 Å². The van der Waals surface area contributed by atoms with E-state index in [0.29, 0.717) is 5.56 Å². The first-order chi connectivity index (χ1) is 15.1. The zero-order valence-corrected chi connectivity index (χ0v) is 16.4. The van der Waals surface area contributed by atoms with Gasteiger partial charge < -0.3 is 50.3 Å². The minimum absolute atomic E-state index is 0.290. The molecule has 0 radical (unpaired) electrons. The molecule has 0 saturated carbocycles. The maximum Gasteiger partial charge on any atom is 0.229 e. The molecule has 0 aromatic heterocycles. The lowest BCUT2D eigenvalue weighted by Gasteiger charge is -2.39. The summed E-state index contributed by atoms with van der Waals surface area (Å²) in [7, 11) is 0. The van der Waals surface area contributed by atoms with Crippen LogP contribution in [0.2, 0.25) is 0 Å². The van der Waals surface area contributed by atoms with Crippen molar-refractivity contribution in [2.75, 3.05) is 6.61 Å². The SMILES string of the molecule is O=C(C=Cc1ccc(O)c(O)c1)c1ccc(O)c(O[C@H]2O[C@H](CO)[C@H](O)[C@H](O)[C@H]2O)c1O. The van der Waals surface area contributed by atoms with Gasteiger partial charge in [0.05, 0.1) is 12.2 Å². The van der Waals surface area contributed by atoms with E-state index in [1.807, 2.05) is 0 Å². The first-order valence-corrected chi connectivity index (χ1v) is 9.40. The highest BCUT2D eigenvalue weighted by atomic mass is 16.7. The van der Waals surface area contributed by atoms with Crippen LogP contribution < -0.4 is 4.74 Å². The second-order valence-electron chi connectivity index (χ2n) is 7.07. The number of aliphatic hydroxyl groups is 4. The van der Waals surface area contributed by atoms with Crippen molar-refractivity contribution in [2.45, 2.75) is 30.7 Å². The van der Waals surface area contributed by atoms with Crippen LogP contribution in [0.4, 0.5) is 0 Å². The van der Waals surface area contributed by atoms with Gasteiger partial charge in [-0.05, 0) is 35.9 Å². The number of aliphatic hydroxyl groups excluding tert-OH is 4. The van der Waals surface area contributed by atoms with Gasteiger partial charge in [0.1, 0.15) is 24.4 Å². The lowest BCUT2D eigenvalue weighted by Crippen LogP contribution is -2.60. The monoisotopic (exact) mass is 450 g/mol. The summed E-state index contributed by atoms with van der Waals surface area (Å²) in [4.78, 5) is 12.5. The Hall–Kier alpha value is -3.35. The largest absolute Gasteiger partial charge is 0.504 e. The van der Waals surface area contributed by atoms with E-state index in [-0.39, 0.29) is 17.1 Å². The summed E-state index contributed by atoms with van der Waals surface area (Å²) in [5.74, 6) is -3.46. The third-order valence-electron chi connectivity index (χ3n) is 4.89. The molecule has 32 heavy (non-hydrogen) atoms. The number of ketones is 1. The van der Waals surface area contributed by atoms with Gasteiger partial charge in [0.25, 0.3) is 0 Å². The molecule has 0 unspecified atom stereocenters. The first-order valence-electron chi connectivity index (χ1n) is 9.40.